The van der Waals surface area contributed by atoms with E-state index in [1.165, 1.54) is 0 Å². The maximum atomic E-state index is 12.2. The second-order valence-electron chi connectivity index (χ2n) is 4.24. The smallest absolute Gasteiger partial charge is 0.183 e. The van der Waals surface area contributed by atoms with E-state index in [4.69, 9.17) is 9.47 Å². The van der Waals surface area contributed by atoms with Crippen molar-refractivity contribution in [2.45, 2.75) is 24.9 Å². The zero-order valence-electron chi connectivity index (χ0n) is 10.3. The van der Waals surface area contributed by atoms with Crippen LogP contribution in [0, 0.1) is 11.3 Å². The zero-order chi connectivity index (χ0) is 13.0. The number of methoxy groups -OCH3 is 1. The number of hydrogen-bond donors (Lipinski definition) is 0. The lowest BCUT2D eigenvalue weighted by Gasteiger charge is -2.14. The van der Waals surface area contributed by atoms with Crippen molar-refractivity contribution in [3.63, 3.8) is 0 Å². The molecule has 18 heavy (non-hydrogen) atoms. The minimum atomic E-state index is -0.775. The number of rotatable bonds is 4. The third kappa shape index (κ3) is 2.52. The molecule has 0 amide bonds. The van der Waals surface area contributed by atoms with E-state index < -0.39 is 12.0 Å². The molecule has 0 aromatic heterocycles. The van der Waals surface area contributed by atoms with Gasteiger partial charge in [-0.15, -0.1) is 0 Å². The minimum Gasteiger partial charge on any atom is -0.497 e. The van der Waals surface area contributed by atoms with Gasteiger partial charge in [0, 0.05) is 6.61 Å². The van der Waals surface area contributed by atoms with Crippen LogP contribution in [0.3, 0.4) is 0 Å². The van der Waals surface area contributed by atoms with Crippen molar-refractivity contribution >= 4 is 5.78 Å². The van der Waals surface area contributed by atoms with Gasteiger partial charge in [-0.2, -0.15) is 5.26 Å². The molecule has 1 aliphatic rings. The lowest BCUT2D eigenvalue weighted by Crippen LogP contribution is -2.25. The van der Waals surface area contributed by atoms with Gasteiger partial charge in [-0.3, -0.25) is 4.79 Å². The highest BCUT2D eigenvalue weighted by Crippen LogP contribution is 2.25. The fraction of sp³-hybridized carbons (Fsp3) is 0.429. The van der Waals surface area contributed by atoms with Crippen molar-refractivity contribution in [2.75, 3.05) is 13.7 Å². The molecule has 94 valence electrons. The average Bonchev–Trinajstić information content (AvgIpc) is 2.93. The Bertz CT molecular complexity index is 472. The average molecular weight is 245 g/mol. The van der Waals surface area contributed by atoms with Gasteiger partial charge >= 0.3 is 0 Å². The molecule has 0 bridgehead atoms. The van der Waals surface area contributed by atoms with E-state index in [1.54, 1.807) is 31.4 Å². The third-order valence-corrected chi connectivity index (χ3v) is 3.09. The molecular weight excluding hydrogens is 230 g/mol. The van der Waals surface area contributed by atoms with Crippen LogP contribution in [0.15, 0.2) is 24.3 Å². The van der Waals surface area contributed by atoms with Crippen molar-refractivity contribution in [1.82, 2.24) is 0 Å². The van der Waals surface area contributed by atoms with Crippen LogP contribution in [0.5, 0.6) is 5.75 Å². The fourth-order valence-corrected chi connectivity index (χ4v) is 2.11. The third-order valence-electron chi connectivity index (χ3n) is 3.09. The largest absolute Gasteiger partial charge is 0.497 e. The van der Waals surface area contributed by atoms with E-state index >= 15 is 0 Å². The van der Waals surface area contributed by atoms with Crippen LogP contribution in [0.25, 0.3) is 0 Å². The Labute approximate surface area is 106 Å². The molecule has 4 nitrogen and oxygen atoms in total. The summed E-state index contributed by atoms with van der Waals surface area (Å²) in [7, 11) is 1.56. The van der Waals surface area contributed by atoms with E-state index in [9.17, 15) is 10.1 Å². The predicted octanol–water partition coefficient (Wildman–Crippen LogP) is 2.05. The molecule has 0 spiro atoms. The van der Waals surface area contributed by atoms with Crippen LogP contribution < -0.4 is 4.74 Å². The monoisotopic (exact) mass is 245 g/mol. The molecule has 0 aliphatic carbocycles. The van der Waals surface area contributed by atoms with Crippen molar-refractivity contribution in [1.29, 1.82) is 5.26 Å². The first kappa shape index (κ1) is 12.6. The summed E-state index contributed by atoms with van der Waals surface area (Å²) < 4.78 is 10.4. The van der Waals surface area contributed by atoms with E-state index in [2.05, 4.69) is 6.07 Å². The van der Waals surface area contributed by atoms with Crippen LogP contribution in [0.4, 0.5) is 0 Å². The SMILES string of the molecule is COc1cccc(C(C#N)C(=O)C2CCCO2)c1. The van der Waals surface area contributed by atoms with Crippen molar-refractivity contribution in [2.24, 2.45) is 0 Å². The van der Waals surface area contributed by atoms with Crippen LogP contribution in [-0.4, -0.2) is 25.6 Å². The van der Waals surface area contributed by atoms with E-state index in [-0.39, 0.29) is 5.78 Å². The molecule has 2 atom stereocenters. The number of nitriles is 1. The van der Waals surface area contributed by atoms with Crippen LogP contribution in [0.1, 0.15) is 24.3 Å². The van der Waals surface area contributed by atoms with Gasteiger partial charge in [0.25, 0.3) is 0 Å². The highest BCUT2D eigenvalue weighted by Gasteiger charge is 2.31. The Morgan fingerprint density at radius 3 is 3.06 bits per heavy atom. The number of hydrogen-bond acceptors (Lipinski definition) is 4. The molecule has 1 saturated heterocycles. The molecule has 4 heteroatoms. The molecule has 1 heterocycles. The summed E-state index contributed by atoms with van der Waals surface area (Å²) >= 11 is 0. The number of benzene rings is 1. The molecule has 2 rings (SSSR count). The number of carbonyl (C=O) groups excluding carboxylic acids is 1. The summed E-state index contributed by atoms with van der Waals surface area (Å²) in [4.78, 5) is 12.2. The number of ether oxygens (including phenoxy) is 2. The number of carbonyl (C=O) groups is 1. The summed E-state index contributed by atoms with van der Waals surface area (Å²) in [5, 5.41) is 9.21. The highest BCUT2D eigenvalue weighted by atomic mass is 16.5. The maximum Gasteiger partial charge on any atom is 0.183 e. The zero-order valence-corrected chi connectivity index (χ0v) is 10.3. The first-order valence-electron chi connectivity index (χ1n) is 5.95. The van der Waals surface area contributed by atoms with Crippen molar-refractivity contribution in [3.05, 3.63) is 29.8 Å². The Morgan fingerprint density at radius 2 is 2.44 bits per heavy atom. The lowest BCUT2D eigenvalue weighted by atomic mass is 9.92. The molecular formula is C14H15NO3. The molecule has 1 aromatic carbocycles. The second kappa shape index (κ2) is 5.65. The van der Waals surface area contributed by atoms with Gasteiger partial charge in [-0.25, -0.2) is 0 Å². The van der Waals surface area contributed by atoms with Crippen molar-refractivity contribution in [3.8, 4) is 11.8 Å². The Hall–Kier alpha value is -1.86. The molecule has 1 aromatic rings. The van der Waals surface area contributed by atoms with Crippen LogP contribution in [0.2, 0.25) is 0 Å². The van der Waals surface area contributed by atoms with Crippen LogP contribution >= 0.6 is 0 Å². The second-order valence-corrected chi connectivity index (χ2v) is 4.24. The Morgan fingerprint density at radius 1 is 1.61 bits per heavy atom. The quantitative estimate of drug-likeness (QED) is 0.814. The Balaban J connectivity index is 2.22. The predicted molar refractivity (Wildman–Crippen MR) is 65.3 cm³/mol. The number of ketones is 1. The van der Waals surface area contributed by atoms with E-state index in [0.29, 0.717) is 24.3 Å². The highest BCUT2D eigenvalue weighted by molar-refractivity contribution is 5.92. The standard InChI is InChI=1S/C14H15NO3/c1-17-11-5-2-4-10(8-11)12(9-15)14(16)13-6-3-7-18-13/h2,4-5,8,12-13H,3,6-7H2,1H3. The first-order valence-corrected chi connectivity index (χ1v) is 5.95. The van der Waals surface area contributed by atoms with E-state index in [0.717, 1.165) is 6.42 Å². The summed E-state index contributed by atoms with van der Waals surface area (Å²) in [5.41, 5.74) is 0.664. The Kier molecular flexibility index (Phi) is 3.96. The summed E-state index contributed by atoms with van der Waals surface area (Å²) in [6.07, 6.45) is 1.16. The molecule has 0 N–H and O–H groups in total. The van der Waals surface area contributed by atoms with Crippen LogP contribution in [-0.2, 0) is 9.53 Å². The van der Waals surface area contributed by atoms with Gasteiger partial charge in [-0.1, -0.05) is 12.1 Å². The topological polar surface area (TPSA) is 59.3 Å². The minimum absolute atomic E-state index is 0.150. The number of Topliss-reactive ketones (excluding diaryl/α,β-unsaturated/α-hetero) is 1. The van der Waals surface area contributed by atoms with Gasteiger partial charge in [0.1, 0.15) is 17.8 Å². The normalized spacial score (nSPS) is 20.1. The fourth-order valence-electron chi connectivity index (χ4n) is 2.11. The summed E-state index contributed by atoms with van der Waals surface area (Å²) in [6, 6.07) is 9.12. The van der Waals surface area contributed by atoms with Gasteiger partial charge in [0.2, 0.25) is 0 Å². The van der Waals surface area contributed by atoms with Gasteiger partial charge in [0.15, 0.2) is 5.78 Å². The van der Waals surface area contributed by atoms with Gasteiger partial charge in [-0.05, 0) is 30.5 Å². The molecule has 2 unspecified atom stereocenters. The molecule has 0 saturated carbocycles. The summed E-state index contributed by atoms with van der Waals surface area (Å²) in [5.74, 6) is -0.278. The first-order chi connectivity index (χ1) is 8.76. The van der Waals surface area contributed by atoms with E-state index in [1.807, 2.05) is 0 Å². The number of nitrogens with zero attached hydrogens (tertiary/aromatic N) is 1. The van der Waals surface area contributed by atoms with Gasteiger partial charge in [0.05, 0.1) is 13.2 Å². The van der Waals surface area contributed by atoms with Gasteiger partial charge < -0.3 is 9.47 Å². The van der Waals surface area contributed by atoms with Crippen molar-refractivity contribution < 1.29 is 14.3 Å². The molecule has 1 aliphatic heterocycles. The summed E-state index contributed by atoms with van der Waals surface area (Å²) in [6.45, 7) is 0.604. The molecule has 1 fully saturated rings. The molecule has 0 radical (unpaired) electrons. The maximum absolute atomic E-state index is 12.2. The lowest BCUT2D eigenvalue weighted by molar-refractivity contribution is -0.128.